The SMILES string of the molecule is CN1CC2CCC1C(C(=O)O)C2. The van der Waals surface area contributed by atoms with Gasteiger partial charge in [0, 0.05) is 12.6 Å². The first kappa shape index (κ1) is 8.05. The molecule has 3 aliphatic rings. The number of hydrogen-bond donors (Lipinski definition) is 1. The third kappa shape index (κ3) is 1.12. The summed E-state index contributed by atoms with van der Waals surface area (Å²) in [5, 5.41) is 8.95. The standard InChI is InChI=1S/C9H15NO2/c1-10-5-6-2-3-8(10)7(4-6)9(11)12/h6-8H,2-5H2,1H3,(H,11,12). The van der Waals surface area contributed by atoms with E-state index in [1.165, 1.54) is 6.42 Å². The highest BCUT2D eigenvalue weighted by Crippen LogP contribution is 2.38. The zero-order valence-corrected chi connectivity index (χ0v) is 7.36. The number of fused-ring (bicyclic) bond motifs is 3. The van der Waals surface area contributed by atoms with Crippen LogP contribution in [0.3, 0.4) is 0 Å². The highest BCUT2D eigenvalue weighted by Gasteiger charge is 2.42. The average molecular weight is 169 g/mol. The fourth-order valence-electron chi connectivity index (χ4n) is 2.74. The van der Waals surface area contributed by atoms with Crippen LogP contribution < -0.4 is 0 Å². The van der Waals surface area contributed by atoms with Crippen molar-refractivity contribution in [3.05, 3.63) is 0 Å². The van der Waals surface area contributed by atoms with Crippen LogP contribution >= 0.6 is 0 Å². The second kappa shape index (κ2) is 2.73. The van der Waals surface area contributed by atoms with Crippen molar-refractivity contribution >= 4 is 5.97 Å². The number of rotatable bonds is 1. The van der Waals surface area contributed by atoms with Crippen molar-refractivity contribution in [3.8, 4) is 0 Å². The van der Waals surface area contributed by atoms with Gasteiger partial charge in [0.25, 0.3) is 0 Å². The number of hydrogen-bond acceptors (Lipinski definition) is 2. The van der Waals surface area contributed by atoms with Gasteiger partial charge in [0.1, 0.15) is 0 Å². The normalized spacial score (nSPS) is 41.6. The second-order valence-electron chi connectivity index (χ2n) is 4.13. The van der Waals surface area contributed by atoms with Gasteiger partial charge in [-0.3, -0.25) is 4.79 Å². The van der Waals surface area contributed by atoms with Crippen molar-refractivity contribution in [1.82, 2.24) is 4.90 Å². The summed E-state index contributed by atoms with van der Waals surface area (Å²) in [5.74, 6) is -0.0557. The molecule has 3 fully saturated rings. The first-order chi connectivity index (χ1) is 5.68. The summed E-state index contributed by atoms with van der Waals surface area (Å²) >= 11 is 0. The lowest BCUT2D eigenvalue weighted by atomic mass is 9.73. The van der Waals surface area contributed by atoms with Crippen molar-refractivity contribution in [2.24, 2.45) is 11.8 Å². The molecule has 3 atom stereocenters. The molecule has 1 saturated carbocycles. The molecule has 2 bridgehead atoms. The Morgan fingerprint density at radius 3 is 2.67 bits per heavy atom. The van der Waals surface area contributed by atoms with E-state index < -0.39 is 5.97 Å². The molecule has 3 heteroatoms. The third-order valence-corrected chi connectivity index (χ3v) is 3.35. The van der Waals surface area contributed by atoms with Gasteiger partial charge in [0.05, 0.1) is 5.92 Å². The molecular weight excluding hydrogens is 154 g/mol. The van der Waals surface area contributed by atoms with Gasteiger partial charge in [-0.25, -0.2) is 0 Å². The Balaban J connectivity index is 2.14. The van der Waals surface area contributed by atoms with Crippen molar-refractivity contribution < 1.29 is 9.90 Å². The fraction of sp³-hybridized carbons (Fsp3) is 0.889. The van der Waals surface area contributed by atoms with E-state index >= 15 is 0 Å². The second-order valence-corrected chi connectivity index (χ2v) is 4.13. The van der Waals surface area contributed by atoms with E-state index in [-0.39, 0.29) is 5.92 Å². The number of carboxylic acids is 1. The Morgan fingerprint density at radius 1 is 1.50 bits per heavy atom. The van der Waals surface area contributed by atoms with E-state index in [4.69, 9.17) is 5.11 Å². The molecule has 3 unspecified atom stereocenters. The van der Waals surface area contributed by atoms with Crippen LogP contribution in [-0.4, -0.2) is 35.6 Å². The molecule has 0 radical (unpaired) electrons. The smallest absolute Gasteiger partial charge is 0.308 e. The van der Waals surface area contributed by atoms with Crippen molar-refractivity contribution in [2.45, 2.75) is 25.3 Å². The maximum atomic E-state index is 10.9. The molecule has 3 nitrogen and oxygen atoms in total. The van der Waals surface area contributed by atoms with Crippen LogP contribution in [0, 0.1) is 11.8 Å². The van der Waals surface area contributed by atoms with E-state index in [0.717, 1.165) is 19.4 Å². The first-order valence-corrected chi connectivity index (χ1v) is 4.61. The average Bonchev–Trinajstić information content (AvgIpc) is 2.04. The zero-order valence-electron chi connectivity index (χ0n) is 7.36. The van der Waals surface area contributed by atoms with Crippen LogP contribution in [0.1, 0.15) is 19.3 Å². The fourth-order valence-corrected chi connectivity index (χ4v) is 2.74. The zero-order chi connectivity index (χ0) is 8.72. The highest BCUT2D eigenvalue weighted by atomic mass is 16.4. The van der Waals surface area contributed by atoms with Gasteiger partial charge in [0.2, 0.25) is 0 Å². The molecule has 0 aromatic carbocycles. The van der Waals surface area contributed by atoms with E-state index in [1.807, 2.05) is 7.05 Å². The summed E-state index contributed by atoms with van der Waals surface area (Å²) < 4.78 is 0. The molecular formula is C9H15NO2. The van der Waals surface area contributed by atoms with Gasteiger partial charge in [-0.1, -0.05) is 0 Å². The van der Waals surface area contributed by atoms with Crippen LogP contribution in [0.4, 0.5) is 0 Å². The van der Waals surface area contributed by atoms with Gasteiger partial charge in [-0.2, -0.15) is 0 Å². The Morgan fingerprint density at radius 2 is 2.25 bits per heavy atom. The van der Waals surface area contributed by atoms with Gasteiger partial charge >= 0.3 is 5.97 Å². The summed E-state index contributed by atoms with van der Waals surface area (Å²) in [6.07, 6.45) is 3.22. The van der Waals surface area contributed by atoms with Crippen LogP contribution in [0.25, 0.3) is 0 Å². The number of carbonyl (C=O) groups is 1. The van der Waals surface area contributed by atoms with Crippen LogP contribution in [-0.2, 0) is 4.79 Å². The Bertz CT molecular complexity index is 205. The van der Waals surface area contributed by atoms with Crippen molar-refractivity contribution in [2.75, 3.05) is 13.6 Å². The predicted molar refractivity (Wildman–Crippen MR) is 44.9 cm³/mol. The summed E-state index contributed by atoms with van der Waals surface area (Å²) in [7, 11) is 2.05. The van der Waals surface area contributed by atoms with Gasteiger partial charge < -0.3 is 10.0 Å². The Kier molecular flexibility index (Phi) is 1.83. The maximum absolute atomic E-state index is 10.9. The highest BCUT2D eigenvalue weighted by molar-refractivity contribution is 5.71. The minimum Gasteiger partial charge on any atom is -0.481 e. The number of carboxylic acid groups (broad SMARTS) is 1. The summed E-state index contributed by atoms with van der Waals surface area (Å²) in [4.78, 5) is 13.1. The van der Waals surface area contributed by atoms with Gasteiger partial charge in [-0.15, -0.1) is 0 Å². The van der Waals surface area contributed by atoms with Crippen LogP contribution in [0.2, 0.25) is 0 Å². The van der Waals surface area contributed by atoms with E-state index in [2.05, 4.69) is 4.90 Å². The number of aliphatic carboxylic acids is 1. The monoisotopic (exact) mass is 169 g/mol. The topological polar surface area (TPSA) is 40.5 Å². The van der Waals surface area contributed by atoms with E-state index in [9.17, 15) is 4.79 Å². The summed E-state index contributed by atoms with van der Waals surface area (Å²) in [5.41, 5.74) is 0. The molecule has 2 aliphatic heterocycles. The largest absolute Gasteiger partial charge is 0.481 e. The maximum Gasteiger partial charge on any atom is 0.308 e. The molecule has 1 N–H and O–H groups in total. The Hall–Kier alpha value is -0.570. The van der Waals surface area contributed by atoms with Crippen LogP contribution in [0.5, 0.6) is 0 Å². The minimum atomic E-state index is -0.601. The first-order valence-electron chi connectivity index (χ1n) is 4.61. The lowest BCUT2D eigenvalue weighted by Crippen LogP contribution is -2.53. The lowest BCUT2D eigenvalue weighted by Gasteiger charge is -2.46. The van der Waals surface area contributed by atoms with Gasteiger partial charge in [0.15, 0.2) is 0 Å². The quantitative estimate of drug-likeness (QED) is 0.631. The number of piperidine rings is 2. The molecule has 12 heavy (non-hydrogen) atoms. The van der Waals surface area contributed by atoms with Crippen molar-refractivity contribution in [3.63, 3.8) is 0 Å². The van der Waals surface area contributed by atoms with Crippen molar-refractivity contribution in [1.29, 1.82) is 0 Å². The predicted octanol–water partition coefficient (Wildman–Crippen LogP) is 0.801. The van der Waals surface area contributed by atoms with E-state index in [0.29, 0.717) is 12.0 Å². The molecule has 1 aliphatic carbocycles. The van der Waals surface area contributed by atoms with Gasteiger partial charge in [-0.05, 0) is 32.2 Å². The molecule has 0 aromatic heterocycles. The molecule has 68 valence electrons. The summed E-state index contributed by atoms with van der Waals surface area (Å²) in [6.45, 7) is 1.11. The molecule has 2 heterocycles. The summed E-state index contributed by atoms with van der Waals surface area (Å²) in [6, 6.07) is 0.312. The molecule has 0 spiro atoms. The molecule has 3 rings (SSSR count). The Labute approximate surface area is 72.4 Å². The lowest BCUT2D eigenvalue weighted by molar-refractivity contribution is -0.149. The van der Waals surface area contributed by atoms with Crippen LogP contribution in [0.15, 0.2) is 0 Å². The molecule has 0 amide bonds. The van der Waals surface area contributed by atoms with E-state index in [1.54, 1.807) is 0 Å². The number of nitrogens with zero attached hydrogens (tertiary/aromatic N) is 1. The third-order valence-electron chi connectivity index (χ3n) is 3.35. The molecule has 2 saturated heterocycles. The minimum absolute atomic E-state index is 0.0949. The molecule has 0 aromatic rings.